The van der Waals surface area contributed by atoms with E-state index in [2.05, 4.69) is 22.0 Å². The first-order valence-electron chi connectivity index (χ1n) is 6.14. The standard InChI is InChI=1S/C13H21N3O/c1-17-13(11-14)4-8-16(9-5-13)10-12-2-6-15-7-3-12/h2-3,6-7H,4-5,8-11,14H2,1H3. The molecule has 1 aromatic rings. The van der Waals surface area contributed by atoms with Gasteiger partial charge in [0.05, 0.1) is 5.60 Å². The Balaban J connectivity index is 1.87. The number of ether oxygens (including phenoxy) is 1. The van der Waals surface area contributed by atoms with Crippen molar-refractivity contribution in [3.05, 3.63) is 30.1 Å². The van der Waals surface area contributed by atoms with Crippen molar-refractivity contribution in [1.82, 2.24) is 9.88 Å². The largest absolute Gasteiger partial charge is 0.377 e. The van der Waals surface area contributed by atoms with E-state index < -0.39 is 0 Å². The molecule has 2 rings (SSSR count). The average molecular weight is 235 g/mol. The molecule has 0 aliphatic carbocycles. The number of piperidine rings is 1. The maximum absolute atomic E-state index is 5.79. The zero-order valence-corrected chi connectivity index (χ0v) is 10.4. The van der Waals surface area contributed by atoms with Crippen LogP contribution in [0.25, 0.3) is 0 Å². The third-order valence-corrected chi connectivity index (χ3v) is 3.73. The summed E-state index contributed by atoms with van der Waals surface area (Å²) in [5.74, 6) is 0. The molecule has 1 saturated heterocycles. The number of aromatic nitrogens is 1. The average Bonchev–Trinajstić information content (AvgIpc) is 2.41. The monoisotopic (exact) mass is 235 g/mol. The van der Waals surface area contributed by atoms with Crippen LogP contribution < -0.4 is 5.73 Å². The molecule has 1 aliphatic rings. The Bertz CT molecular complexity index is 328. The molecule has 0 unspecified atom stereocenters. The van der Waals surface area contributed by atoms with Gasteiger partial charge >= 0.3 is 0 Å². The van der Waals surface area contributed by atoms with Crippen LogP contribution in [0.5, 0.6) is 0 Å². The predicted molar refractivity (Wildman–Crippen MR) is 67.5 cm³/mol. The van der Waals surface area contributed by atoms with Gasteiger partial charge in [0.15, 0.2) is 0 Å². The minimum atomic E-state index is -0.0885. The molecule has 2 heterocycles. The van der Waals surface area contributed by atoms with E-state index in [4.69, 9.17) is 10.5 Å². The van der Waals surface area contributed by atoms with Gasteiger partial charge < -0.3 is 10.5 Å². The quantitative estimate of drug-likeness (QED) is 0.846. The smallest absolute Gasteiger partial charge is 0.0824 e. The molecule has 4 nitrogen and oxygen atoms in total. The molecule has 4 heteroatoms. The lowest BCUT2D eigenvalue weighted by atomic mass is 9.91. The third-order valence-electron chi connectivity index (χ3n) is 3.73. The molecular weight excluding hydrogens is 214 g/mol. The minimum Gasteiger partial charge on any atom is -0.377 e. The number of hydrogen-bond acceptors (Lipinski definition) is 4. The third kappa shape index (κ3) is 3.03. The Morgan fingerprint density at radius 1 is 1.35 bits per heavy atom. The summed E-state index contributed by atoms with van der Waals surface area (Å²) in [6, 6.07) is 4.14. The van der Waals surface area contributed by atoms with Crippen LogP contribution in [-0.2, 0) is 11.3 Å². The Hall–Kier alpha value is -0.970. The maximum Gasteiger partial charge on any atom is 0.0824 e. The number of likely N-dealkylation sites (tertiary alicyclic amines) is 1. The minimum absolute atomic E-state index is 0.0885. The van der Waals surface area contributed by atoms with E-state index in [1.807, 2.05) is 12.4 Å². The van der Waals surface area contributed by atoms with Gasteiger partial charge in [-0.25, -0.2) is 0 Å². The highest BCUT2D eigenvalue weighted by Crippen LogP contribution is 2.25. The van der Waals surface area contributed by atoms with Crippen LogP contribution in [0.3, 0.4) is 0 Å². The van der Waals surface area contributed by atoms with Gasteiger partial charge in [-0.2, -0.15) is 0 Å². The summed E-state index contributed by atoms with van der Waals surface area (Å²) in [6.45, 7) is 3.71. The van der Waals surface area contributed by atoms with E-state index in [1.54, 1.807) is 7.11 Å². The highest BCUT2D eigenvalue weighted by Gasteiger charge is 2.32. The zero-order chi connectivity index (χ0) is 12.1. The molecule has 0 saturated carbocycles. The van der Waals surface area contributed by atoms with Crippen molar-refractivity contribution in [2.45, 2.75) is 25.0 Å². The highest BCUT2D eigenvalue weighted by molar-refractivity contribution is 5.09. The lowest BCUT2D eigenvalue weighted by Crippen LogP contribution is -2.49. The first-order chi connectivity index (χ1) is 8.28. The van der Waals surface area contributed by atoms with Crippen molar-refractivity contribution in [2.75, 3.05) is 26.7 Å². The highest BCUT2D eigenvalue weighted by atomic mass is 16.5. The Morgan fingerprint density at radius 3 is 2.53 bits per heavy atom. The zero-order valence-electron chi connectivity index (χ0n) is 10.4. The summed E-state index contributed by atoms with van der Waals surface area (Å²) in [5.41, 5.74) is 7.02. The van der Waals surface area contributed by atoms with Crippen molar-refractivity contribution >= 4 is 0 Å². The molecule has 0 spiro atoms. The van der Waals surface area contributed by atoms with Gasteiger partial charge in [-0.1, -0.05) is 0 Å². The first kappa shape index (κ1) is 12.5. The van der Waals surface area contributed by atoms with Gasteiger partial charge in [0, 0.05) is 45.7 Å². The van der Waals surface area contributed by atoms with Crippen LogP contribution in [0.4, 0.5) is 0 Å². The molecular formula is C13H21N3O. The van der Waals surface area contributed by atoms with Crippen molar-refractivity contribution < 1.29 is 4.74 Å². The molecule has 0 bridgehead atoms. The number of rotatable bonds is 4. The summed E-state index contributed by atoms with van der Waals surface area (Å²) in [7, 11) is 1.77. The van der Waals surface area contributed by atoms with Crippen molar-refractivity contribution in [3.8, 4) is 0 Å². The lowest BCUT2D eigenvalue weighted by Gasteiger charge is -2.40. The van der Waals surface area contributed by atoms with E-state index >= 15 is 0 Å². The van der Waals surface area contributed by atoms with E-state index in [-0.39, 0.29) is 5.60 Å². The summed E-state index contributed by atoms with van der Waals surface area (Å²) in [5, 5.41) is 0. The van der Waals surface area contributed by atoms with E-state index in [0.29, 0.717) is 6.54 Å². The van der Waals surface area contributed by atoms with E-state index in [1.165, 1.54) is 5.56 Å². The summed E-state index contributed by atoms with van der Waals surface area (Å²) in [4.78, 5) is 6.48. The second-order valence-corrected chi connectivity index (χ2v) is 4.72. The van der Waals surface area contributed by atoms with Crippen LogP contribution in [0.15, 0.2) is 24.5 Å². The number of nitrogens with two attached hydrogens (primary N) is 1. The molecule has 94 valence electrons. The van der Waals surface area contributed by atoms with E-state index in [0.717, 1.165) is 32.5 Å². The fourth-order valence-electron chi connectivity index (χ4n) is 2.36. The second kappa shape index (κ2) is 5.58. The topological polar surface area (TPSA) is 51.4 Å². The Kier molecular flexibility index (Phi) is 4.10. The van der Waals surface area contributed by atoms with Gasteiger partial charge in [-0.05, 0) is 30.5 Å². The molecule has 0 radical (unpaired) electrons. The molecule has 0 aromatic carbocycles. The number of methoxy groups -OCH3 is 1. The van der Waals surface area contributed by atoms with Gasteiger partial charge in [0.25, 0.3) is 0 Å². The van der Waals surface area contributed by atoms with Crippen molar-refractivity contribution in [2.24, 2.45) is 5.73 Å². The molecule has 1 aromatic heterocycles. The lowest BCUT2D eigenvalue weighted by molar-refractivity contribution is -0.0511. The van der Waals surface area contributed by atoms with Gasteiger partial charge in [0.1, 0.15) is 0 Å². The van der Waals surface area contributed by atoms with Crippen molar-refractivity contribution in [3.63, 3.8) is 0 Å². The molecule has 0 atom stereocenters. The summed E-state index contributed by atoms with van der Waals surface area (Å²) < 4.78 is 5.56. The Labute approximate surface area is 103 Å². The molecule has 1 fully saturated rings. The van der Waals surface area contributed by atoms with Crippen molar-refractivity contribution in [1.29, 1.82) is 0 Å². The maximum atomic E-state index is 5.79. The van der Waals surface area contributed by atoms with Crippen LogP contribution in [0.2, 0.25) is 0 Å². The summed E-state index contributed by atoms with van der Waals surface area (Å²) in [6.07, 6.45) is 5.73. The van der Waals surface area contributed by atoms with Gasteiger partial charge in [-0.3, -0.25) is 9.88 Å². The molecule has 17 heavy (non-hydrogen) atoms. The van der Waals surface area contributed by atoms with Gasteiger partial charge in [0.2, 0.25) is 0 Å². The van der Waals surface area contributed by atoms with Gasteiger partial charge in [-0.15, -0.1) is 0 Å². The Morgan fingerprint density at radius 2 is 2.00 bits per heavy atom. The SMILES string of the molecule is COC1(CN)CCN(Cc2ccncc2)CC1. The second-order valence-electron chi connectivity index (χ2n) is 4.72. The van der Waals surface area contributed by atoms with E-state index in [9.17, 15) is 0 Å². The first-order valence-corrected chi connectivity index (χ1v) is 6.14. The van der Waals surface area contributed by atoms with Crippen LogP contribution in [0.1, 0.15) is 18.4 Å². The fraction of sp³-hybridized carbons (Fsp3) is 0.615. The molecule has 2 N–H and O–H groups in total. The van der Waals surface area contributed by atoms with Crippen LogP contribution in [0, 0.1) is 0 Å². The normalized spacial score (nSPS) is 20.4. The predicted octanol–water partition coefficient (Wildman–Crippen LogP) is 1.02. The van der Waals surface area contributed by atoms with Crippen LogP contribution in [-0.4, -0.2) is 42.2 Å². The van der Waals surface area contributed by atoms with Crippen LogP contribution >= 0.6 is 0 Å². The fourth-order valence-corrected chi connectivity index (χ4v) is 2.36. The number of pyridine rings is 1. The number of hydrogen-bond donors (Lipinski definition) is 1. The number of nitrogens with zero attached hydrogens (tertiary/aromatic N) is 2. The summed E-state index contributed by atoms with van der Waals surface area (Å²) >= 11 is 0. The molecule has 0 amide bonds. The molecule has 1 aliphatic heterocycles.